The Morgan fingerprint density at radius 2 is 2.11 bits per heavy atom. The van der Waals surface area contributed by atoms with E-state index in [0.29, 0.717) is 5.02 Å². The van der Waals surface area contributed by atoms with Crippen molar-refractivity contribution in [3.63, 3.8) is 0 Å². The molecule has 1 atom stereocenters. The maximum Gasteiger partial charge on any atom is 0.123 e. The normalized spacial score (nSPS) is 12.7. The van der Waals surface area contributed by atoms with E-state index in [1.165, 1.54) is 12.1 Å². The quantitative estimate of drug-likeness (QED) is 0.903. The molecule has 0 radical (unpaired) electrons. The van der Waals surface area contributed by atoms with E-state index in [-0.39, 0.29) is 11.9 Å². The molecule has 1 aromatic heterocycles. The smallest absolute Gasteiger partial charge is 0.123 e. The van der Waals surface area contributed by atoms with E-state index in [1.54, 1.807) is 12.3 Å². The van der Waals surface area contributed by atoms with Gasteiger partial charge in [0.25, 0.3) is 0 Å². The highest BCUT2D eigenvalue weighted by molar-refractivity contribution is 6.31. The highest BCUT2D eigenvalue weighted by Gasteiger charge is 2.20. The summed E-state index contributed by atoms with van der Waals surface area (Å²) in [5.74, 6) is 0.514. The van der Waals surface area contributed by atoms with E-state index in [4.69, 9.17) is 16.0 Å². The first-order valence-corrected chi connectivity index (χ1v) is 6.23. The average molecular weight is 268 g/mol. The Hall–Kier alpha value is -1.32. The average Bonchev–Trinajstić information content (AvgIpc) is 2.76. The monoisotopic (exact) mass is 267 g/mol. The zero-order chi connectivity index (χ0) is 13.1. The molecule has 1 N–H and O–H groups in total. The topological polar surface area (TPSA) is 25.2 Å². The lowest BCUT2D eigenvalue weighted by atomic mass is 9.99. The summed E-state index contributed by atoms with van der Waals surface area (Å²) in [4.78, 5) is 0. The van der Waals surface area contributed by atoms with Gasteiger partial charge in [0.2, 0.25) is 0 Å². The van der Waals surface area contributed by atoms with Crippen LogP contribution in [0.15, 0.2) is 34.9 Å². The standard InChI is InChI=1S/C14H15ClFNO/c1-3-17-14(11-6-7-18-9(11)2)12-8-10(16)4-5-13(12)15/h4-8,14,17H,3H2,1-2H3. The van der Waals surface area contributed by atoms with Gasteiger partial charge in [0.05, 0.1) is 12.3 Å². The van der Waals surface area contributed by atoms with Crippen LogP contribution in [-0.4, -0.2) is 6.54 Å². The van der Waals surface area contributed by atoms with Gasteiger partial charge < -0.3 is 9.73 Å². The first-order valence-electron chi connectivity index (χ1n) is 5.85. The van der Waals surface area contributed by atoms with Gasteiger partial charge in [-0.3, -0.25) is 0 Å². The zero-order valence-corrected chi connectivity index (χ0v) is 11.1. The minimum atomic E-state index is -0.293. The number of halogens is 2. The van der Waals surface area contributed by atoms with Gasteiger partial charge >= 0.3 is 0 Å². The molecule has 0 saturated carbocycles. The van der Waals surface area contributed by atoms with Crippen LogP contribution in [0, 0.1) is 12.7 Å². The molecule has 0 bridgehead atoms. The van der Waals surface area contributed by atoms with Crippen molar-refractivity contribution >= 4 is 11.6 Å². The van der Waals surface area contributed by atoms with Crippen LogP contribution in [-0.2, 0) is 0 Å². The Morgan fingerprint density at radius 1 is 1.33 bits per heavy atom. The Labute approximate surface area is 111 Å². The molecule has 2 rings (SSSR count). The molecule has 4 heteroatoms. The SMILES string of the molecule is CCNC(c1cc(F)ccc1Cl)c1ccoc1C. The van der Waals surface area contributed by atoms with Crippen LogP contribution in [0.5, 0.6) is 0 Å². The molecule has 2 nitrogen and oxygen atoms in total. The van der Waals surface area contributed by atoms with Crippen molar-refractivity contribution in [2.24, 2.45) is 0 Å². The largest absolute Gasteiger partial charge is 0.469 e. The molecule has 18 heavy (non-hydrogen) atoms. The summed E-state index contributed by atoms with van der Waals surface area (Å²) in [6, 6.07) is 6.12. The van der Waals surface area contributed by atoms with Gasteiger partial charge in [-0.1, -0.05) is 18.5 Å². The van der Waals surface area contributed by atoms with Gasteiger partial charge in [-0.25, -0.2) is 4.39 Å². The first kappa shape index (κ1) is 13.1. The van der Waals surface area contributed by atoms with Crippen LogP contribution in [0.4, 0.5) is 4.39 Å². The molecule has 0 aliphatic rings. The van der Waals surface area contributed by atoms with Gasteiger partial charge in [-0.15, -0.1) is 0 Å². The predicted octanol–water partition coefficient (Wildman–Crippen LogP) is 4.08. The molecule has 0 fully saturated rings. The lowest BCUT2D eigenvalue weighted by Gasteiger charge is -2.19. The van der Waals surface area contributed by atoms with E-state index in [9.17, 15) is 4.39 Å². The molecule has 1 heterocycles. The maximum absolute atomic E-state index is 13.4. The molecule has 2 aromatic rings. The second-order valence-corrected chi connectivity index (χ2v) is 4.50. The number of furan rings is 1. The van der Waals surface area contributed by atoms with Crippen molar-refractivity contribution in [2.75, 3.05) is 6.54 Å². The summed E-state index contributed by atoms with van der Waals surface area (Å²) in [6.07, 6.45) is 1.63. The lowest BCUT2D eigenvalue weighted by molar-refractivity contribution is 0.519. The predicted molar refractivity (Wildman–Crippen MR) is 70.4 cm³/mol. The van der Waals surface area contributed by atoms with Crippen molar-refractivity contribution in [3.05, 3.63) is 58.3 Å². The summed E-state index contributed by atoms with van der Waals surface area (Å²) in [7, 11) is 0. The Morgan fingerprint density at radius 3 is 2.72 bits per heavy atom. The van der Waals surface area contributed by atoms with Gasteiger partial charge in [0, 0.05) is 10.6 Å². The van der Waals surface area contributed by atoms with Crippen LogP contribution >= 0.6 is 11.6 Å². The van der Waals surface area contributed by atoms with Crippen LogP contribution in [0.3, 0.4) is 0 Å². The lowest BCUT2D eigenvalue weighted by Crippen LogP contribution is -2.22. The number of hydrogen-bond donors (Lipinski definition) is 1. The Kier molecular flexibility index (Phi) is 4.04. The van der Waals surface area contributed by atoms with Crippen LogP contribution < -0.4 is 5.32 Å². The first-order chi connectivity index (χ1) is 8.63. The third kappa shape index (κ3) is 2.57. The Balaban J connectivity index is 2.48. The minimum Gasteiger partial charge on any atom is -0.469 e. The van der Waals surface area contributed by atoms with Crippen molar-refractivity contribution < 1.29 is 8.81 Å². The number of rotatable bonds is 4. The summed E-state index contributed by atoms with van der Waals surface area (Å²) >= 11 is 6.16. The number of nitrogens with one attached hydrogen (secondary N) is 1. The van der Waals surface area contributed by atoms with E-state index in [0.717, 1.165) is 23.4 Å². The van der Waals surface area contributed by atoms with E-state index < -0.39 is 0 Å². The maximum atomic E-state index is 13.4. The summed E-state index contributed by atoms with van der Waals surface area (Å²) in [6.45, 7) is 4.63. The van der Waals surface area contributed by atoms with Crippen molar-refractivity contribution in [3.8, 4) is 0 Å². The van der Waals surface area contributed by atoms with Crippen LogP contribution in [0.2, 0.25) is 5.02 Å². The third-order valence-electron chi connectivity index (χ3n) is 2.89. The second kappa shape index (κ2) is 5.55. The molecule has 0 amide bonds. The number of benzene rings is 1. The summed E-state index contributed by atoms with van der Waals surface area (Å²) < 4.78 is 18.7. The highest BCUT2D eigenvalue weighted by atomic mass is 35.5. The van der Waals surface area contributed by atoms with Gasteiger partial charge in [0.15, 0.2) is 0 Å². The zero-order valence-electron chi connectivity index (χ0n) is 10.3. The van der Waals surface area contributed by atoms with Gasteiger partial charge in [-0.2, -0.15) is 0 Å². The fraction of sp³-hybridized carbons (Fsp3) is 0.286. The fourth-order valence-electron chi connectivity index (χ4n) is 2.02. The molecule has 1 aromatic carbocycles. The Bertz CT molecular complexity index is 538. The molecular formula is C14H15ClFNO. The van der Waals surface area contributed by atoms with Gasteiger partial charge in [0.1, 0.15) is 11.6 Å². The molecule has 0 aliphatic heterocycles. The van der Waals surface area contributed by atoms with Crippen molar-refractivity contribution in [1.82, 2.24) is 5.32 Å². The molecule has 96 valence electrons. The van der Waals surface area contributed by atoms with Crippen molar-refractivity contribution in [2.45, 2.75) is 19.9 Å². The minimum absolute atomic E-state index is 0.156. The van der Waals surface area contributed by atoms with Crippen LogP contribution in [0.1, 0.15) is 29.9 Å². The number of hydrogen-bond acceptors (Lipinski definition) is 2. The number of aryl methyl sites for hydroxylation is 1. The van der Waals surface area contributed by atoms with E-state index >= 15 is 0 Å². The summed E-state index contributed by atoms with van der Waals surface area (Å²) in [5, 5.41) is 3.84. The second-order valence-electron chi connectivity index (χ2n) is 4.09. The third-order valence-corrected chi connectivity index (χ3v) is 3.23. The van der Waals surface area contributed by atoms with E-state index in [1.807, 2.05) is 19.9 Å². The summed E-state index contributed by atoms with van der Waals surface area (Å²) in [5.41, 5.74) is 1.70. The fourth-order valence-corrected chi connectivity index (χ4v) is 2.25. The molecule has 0 aliphatic carbocycles. The van der Waals surface area contributed by atoms with Crippen molar-refractivity contribution in [1.29, 1.82) is 0 Å². The molecule has 0 saturated heterocycles. The highest BCUT2D eigenvalue weighted by Crippen LogP contribution is 2.31. The van der Waals surface area contributed by atoms with E-state index in [2.05, 4.69) is 5.32 Å². The van der Waals surface area contributed by atoms with Crippen LogP contribution in [0.25, 0.3) is 0 Å². The molecule has 0 spiro atoms. The van der Waals surface area contributed by atoms with Gasteiger partial charge in [-0.05, 0) is 43.3 Å². The molecule has 1 unspecified atom stereocenters. The molecular weight excluding hydrogens is 253 g/mol.